The Labute approximate surface area is 122 Å². The first kappa shape index (κ1) is 16.3. The summed E-state index contributed by atoms with van der Waals surface area (Å²) in [7, 11) is 0. The van der Waals surface area contributed by atoms with Crippen LogP contribution in [-0.2, 0) is 0 Å². The minimum atomic E-state index is -0.590. The maximum absolute atomic E-state index is 12.0. The molecule has 6 nitrogen and oxygen atoms in total. The fourth-order valence-corrected chi connectivity index (χ4v) is 2.44. The Morgan fingerprint density at radius 2 is 2.25 bits per heavy atom. The van der Waals surface area contributed by atoms with E-state index < -0.39 is 4.92 Å². The molecule has 0 saturated heterocycles. The monoisotopic (exact) mass is 297 g/mol. The number of amides is 1. The first-order valence-corrected chi connectivity index (χ1v) is 7.53. The molecule has 0 radical (unpaired) electrons. The lowest BCUT2D eigenvalue weighted by atomic mass is 10.1. The zero-order chi connectivity index (χ0) is 15.1. The number of nitro groups is 1. The van der Waals surface area contributed by atoms with Crippen LogP contribution < -0.4 is 11.1 Å². The van der Waals surface area contributed by atoms with Gasteiger partial charge in [0.2, 0.25) is 0 Å². The number of thioether (sulfide) groups is 1. The number of anilines is 1. The highest BCUT2D eigenvalue weighted by Crippen LogP contribution is 2.22. The zero-order valence-electron chi connectivity index (χ0n) is 11.6. The Hall–Kier alpha value is -1.76. The van der Waals surface area contributed by atoms with Gasteiger partial charge in [0.05, 0.1) is 4.92 Å². The van der Waals surface area contributed by atoms with Crippen LogP contribution in [0.2, 0.25) is 0 Å². The second-order valence-corrected chi connectivity index (χ2v) is 5.78. The zero-order valence-corrected chi connectivity index (χ0v) is 12.4. The van der Waals surface area contributed by atoms with Gasteiger partial charge in [-0.05, 0) is 37.0 Å². The van der Waals surface area contributed by atoms with E-state index in [1.165, 1.54) is 18.2 Å². The molecule has 1 atom stereocenters. The van der Waals surface area contributed by atoms with Crippen LogP contribution in [0.25, 0.3) is 0 Å². The average Bonchev–Trinajstić information content (AvgIpc) is 2.39. The van der Waals surface area contributed by atoms with Gasteiger partial charge in [0.15, 0.2) is 0 Å². The van der Waals surface area contributed by atoms with E-state index in [0.29, 0.717) is 0 Å². The fraction of sp³-hybridized carbons (Fsp3) is 0.462. The number of rotatable bonds is 7. The topological polar surface area (TPSA) is 98.3 Å². The number of carbonyl (C=O) groups excluding carboxylic acids is 1. The number of hydrogen-bond donors (Lipinski definition) is 2. The third-order valence-electron chi connectivity index (χ3n) is 2.77. The van der Waals surface area contributed by atoms with Gasteiger partial charge in [-0.15, -0.1) is 0 Å². The summed E-state index contributed by atoms with van der Waals surface area (Å²) >= 11 is 1.81. The van der Waals surface area contributed by atoms with Crippen LogP contribution >= 0.6 is 11.8 Å². The molecule has 0 bridgehead atoms. The summed E-state index contributed by atoms with van der Waals surface area (Å²) in [4.78, 5) is 22.2. The molecule has 0 aliphatic heterocycles. The molecule has 1 amide bonds. The van der Waals surface area contributed by atoms with Gasteiger partial charge in [-0.2, -0.15) is 11.8 Å². The Morgan fingerprint density at radius 1 is 1.55 bits per heavy atom. The predicted molar refractivity (Wildman–Crippen MR) is 82.1 cm³/mol. The summed E-state index contributed by atoms with van der Waals surface area (Å²) in [6.07, 6.45) is 0.862. The number of hydrogen-bond acceptors (Lipinski definition) is 5. The van der Waals surface area contributed by atoms with E-state index in [9.17, 15) is 14.9 Å². The van der Waals surface area contributed by atoms with Gasteiger partial charge in [-0.1, -0.05) is 6.92 Å². The predicted octanol–water partition coefficient (Wildman–Crippen LogP) is 2.44. The van der Waals surface area contributed by atoms with Crippen LogP contribution in [0.4, 0.5) is 11.4 Å². The first-order valence-electron chi connectivity index (χ1n) is 6.38. The van der Waals surface area contributed by atoms with E-state index >= 15 is 0 Å². The van der Waals surface area contributed by atoms with E-state index in [1.54, 1.807) is 0 Å². The lowest BCUT2D eigenvalue weighted by Crippen LogP contribution is -2.33. The van der Waals surface area contributed by atoms with E-state index in [0.717, 1.165) is 17.9 Å². The number of nitro benzene ring substituents is 1. The van der Waals surface area contributed by atoms with Gasteiger partial charge < -0.3 is 11.1 Å². The fourth-order valence-electron chi connectivity index (χ4n) is 1.63. The van der Waals surface area contributed by atoms with Gasteiger partial charge in [-0.25, -0.2) is 0 Å². The number of nitrogens with two attached hydrogens (primary N) is 1. The number of carbonyl (C=O) groups is 1. The molecule has 1 aromatic rings. The van der Waals surface area contributed by atoms with Crippen molar-refractivity contribution >= 4 is 29.0 Å². The summed E-state index contributed by atoms with van der Waals surface area (Å²) in [6.45, 7) is 4.00. The summed E-state index contributed by atoms with van der Waals surface area (Å²) in [5.74, 6) is 1.70. The Balaban J connectivity index is 2.68. The highest BCUT2D eigenvalue weighted by molar-refractivity contribution is 7.99. The minimum absolute atomic E-state index is 0.0261. The van der Waals surface area contributed by atoms with Crippen molar-refractivity contribution in [3.8, 4) is 0 Å². The molecule has 0 aromatic heterocycles. The van der Waals surface area contributed by atoms with Crippen molar-refractivity contribution in [2.24, 2.45) is 0 Å². The molecular weight excluding hydrogens is 278 g/mol. The lowest BCUT2D eigenvalue weighted by Gasteiger charge is -2.13. The van der Waals surface area contributed by atoms with Crippen molar-refractivity contribution < 1.29 is 9.72 Å². The molecule has 1 rings (SSSR count). The second-order valence-electron chi connectivity index (χ2n) is 4.39. The molecule has 1 unspecified atom stereocenters. The summed E-state index contributed by atoms with van der Waals surface area (Å²) < 4.78 is 0. The molecule has 3 N–H and O–H groups in total. The largest absolute Gasteiger partial charge is 0.393 e. The van der Waals surface area contributed by atoms with Crippen molar-refractivity contribution in [3.63, 3.8) is 0 Å². The van der Waals surface area contributed by atoms with Crippen molar-refractivity contribution in [1.29, 1.82) is 0 Å². The Morgan fingerprint density at radius 3 is 2.85 bits per heavy atom. The van der Waals surface area contributed by atoms with Crippen molar-refractivity contribution in [1.82, 2.24) is 5.32 Å². The van der Waals surface area contributed by atoms with Crippen LogP contribution in [0.3, 0.4) is 0 Å². The maximum Gasteiger partial charge on any atom is 0.292 e. The van der Waals surface area contributed by atoms with Crippen molar-refractivity contribution in [2.45, 2.75) is 26.3 Å². The van der Waals surface area contributed by atoms with E-state index in [2.05, 4.69) is 12.2 Å². The van der Waals surface area contributed by atoms with Crippen molar-refractivity contribution in [3.05, 3.63) is 33.9 Å². The van der Waals surface area contributed by atoms with Crippen LogP contribution in [-0.4, -0.2) is 28.4 Å². The van der Waals surface area contributed by atoms with Gasteiger partial charge in [0.1, 0.15) is 5.69 Å². The third kappa shape index (κ3) is 4.73. The van der Waals surface area contributed by atoms with Crippen molar-refractivity contribution in [2.75, 3.05) is 17.2 Å². The highest BCUT2D eigenvalue weighted by Gasteiger charge is 2.16. The smallest absolute Gasteiger partial charge is 0.292 e. The maximum atomic E-state index is 12.0. The normalized spacial score (nSPS) is 11.9. The van der Waals surface area contributed by atoms with Gasteiger partial charge >= 0.3 is 0 Å². The molecule has 110 valence electrons. The van der Waals surface area contributed by atoms with Crippen LogP contribution in [0, 0.1) is 10.1 Å². The summed E-state index contributed by atoms with van der Waals surface area (Å²) in [5, 5.41) is 13.6. The van der Waals surface area contributed by atoms with Gasteiger partial charge in [-0.3, -0.25) is 14.9 Å². The first-order chi connectivity index (χ1) is 9.45. The molecular formula is C13H19N3O3S. The molecule has 1 aromatic carbocycles. The molecule has 7 heteroatoms. The number of nitrogen functional groups attached to an aromatic ring is 1. The van der Waals surface area contributed by atoms with E-state index in [4.69, 9.17) is 5.73 Å². The van der Waals surface area contributed by atoms with Crippen LogP contribution in [0.15, 0.2) is 18.2 Å². The number of nitrogens with one attached hydrogen (secondary N) is 1. The SMILES string of the molecule is CCSCCC(C)NC(=O)c1ccc(N)c([N+](=O)[O-])c1. The lowest BCUT2D eigenvalue weighted by molar-refractivity contribution is -0.383. The standard InChI is InChI=1S/C13H19N3O3S/c1-3-20-7-6-9(2)15-13(17)10-4-5-11(14)12(8-10)16(18)19/h4-5,8-9H,3,6-7,14H2,1-2H3,(H,15,17). The Kier molecular flexibility index (Phi) is 6.30. The summed E-state index contributed by atoms with van der Waals surface area (Å²) in [6, 6.07) is 4.10. The molecule has 0 aliphatic rings. The van der Waals surface area contributed by atoms with Crippen LogP contribution in [0.5, 0.6) is 0 Å². The van der Waals surface area contributed by atoms with Crippen LogP contribution in [0.1, 0.15) is 30.6 Å². The van der Waals surface area contributed by atoms with Gasteiger partial charge in [0.25, 0.3) is 11.6 Å². The minimum Gasteiger partial charge on any atom is -0.393 e. The molecule has 20 heavy (non-hydrogen) atoms. The average molecular weight is 297 g/mol. The third-order valence-corrected chi connectivity index (χ3v) is 3.70. The molecule has 0 saturated carbocycles. The second kappa shape index (κ2) is 7.74. The van der Waals surface area contributed by atoms with Gasteiger partial charge in [0, 0.05) is 17.7 Å². The number of benzene rings is 1. The highest BCUT2D eigenvalue weighted by atomic mass is 32.2. The molecule has 0 aliphatic carbocycles. The molecule has 0 heterocycles. The quantitative estimate of drug-likeness (QED) is 0.348. The molecule has 0 spiro atoms. The summed E-state index contributed by atoms with van der Waals surface area (Å²) in [5.41, 5.74) is 5.56. The van der Waals surface area contributed by atoms with E-state index in [1.807, 2.05) is 18.7 Å². The Bertz CT molecular complexity index is 494. The van der Waals surface area contributed by atoms with E-state index in [-0.39, 0.29) is 28.9 Å². The number of nitrogens with zero attached hydrogens (tertiary/aromatic N) is 1. The molecule has 0 fully saturated rings.